The maximum atomic E-state index is 13.6. The number of thiocarbonyl (C=S) groups is 1. The summed E-state index contributed by atoms with van der Waals surface area (Å²) >= 11 is 6.75. The van der Waals surface area contributed by atoms with E-state index in [4.69, 9.17) is 17.2 Å². The van der Waals surface area contributed by atoms with Crippen LogP contribution in [-0.4, -0.2) is 56.7 Å². The van der Waals surface area contributed by atoms with Crippen molar-refractivity contribution in [2.45, 2.75) is 26.3 Å². The van der Waals surface area contributed by atoms with Crippen molar-refractivity contribution in [3.63, 3.8) is 0 Å². The smallest absolute Gasteiger partial charge is 0.267 e. The van der Waals surface area contributed by atoms with Crippen LogP contribution in [0.1, 0.15) is 25.8 Å². The van der Waals surface area contributed by atoms with Crippen LogP contribution in [0.2, 0.25) is 0 Å². The number of hydrogen-bond donors (Lipinski definition) is 0. The highest BCUT2D eigenvalue weighted by atomic mass is 32.2. The summed E-state index contributed by atoms with van der Waals surface area (Å²) < 4.78 is 2.06. The first-order valence-electron chi connectivity index (χ1n) is 11.8. The molecule has 0 radical (unpaired) electrons. The second-order valence-corrected chi connectivity index (χ2v) is 10.4. The van der Waals surface area contributed by atoms with Gasteiger partial charge in [-0.2, -0.15) is 0 Å². The van der Waals surface area contributed by atoms with Crippen LogP contribution >= 0.6 is 24.0 Å². The fourth-order valence-corrected chi connectivity index (χ4v) is 5.89. The van der Waals surface area contributed by atoms with E-state index in [0.717, 1.165) is 32.6 Å². The van der Waals surface area contributed by atoms with Gasteiger partial charge >= 0.3 is 0 Å². The highest BCUT2D eigenvalue weighted by molar-refractivity contribution is 8.26. The van der Waals surface area contributed by atoms with Gasteiger partial charge in [-0.15, -0.1) is 0 Å². The van der Waals surface area contributed by atoms with Crippen LogP contribution in [0.15, 0.2) is 64.4 Å². The molecule has 0 spiro atoms. The zero-order valence-corrected chi connectivity index (χ0v) is 21.4. The molecule has 2 fully saturated rings. The summed E-state index contributed by atoms with van der Waals surface area (Å²) in [4.78, 5) is 38.3. The maximum absolute atomic E-state index is 13.6. The Hall–Kier alpha value is -3.17. The molecule has 1 aromatic carbocycles. The monoisotopic (exact) mass is 505 g/mol. The molecule has 0 aliphatic carbocycles. The Kier molecular flexibility index (Phi) is 6.62. The number of para-hydroxylation sites is 1. The minimum absolute atomic E-state index is 0.00904. The largest absolute Gasteiger partial charge is 0.368 e. The summed E-state index contributed by atoms with van der Waals surface area (Å²) in [5.74, 6) is 0.467. The molecule has 0 bridgehead atoms. The Morgan fingerprint density at radius 2 is 1.71 bits per heavy atom. The summed E-state index contributed by atoms with van der Waals surface area (Å²) in [6, 6.07) is 15.8. The van der Waals surface area contributed by atoms with Gasteiger partial charge in [-0.3, -0.25) is 18.9 Å². The number of piperazine rings is 1. The van der Waals surface area contributed by atoms with E-state index in [0.29, 0.717) is 26.3 Å². The number of anilines is 2. The van der Waals surface area contributed by atoms with Crippen molar-refractivity contribution in [2.75, 3.05) is 36.0 Å². The van der Waals surface area contributed by atoms with Gasteiger partial charge in [0.2, 0.25) is 0 Å². The average Bonchev–Trinajstić information content (AvgIpc) is 3.18. The molecule has 0 N–H and O–H groups in total. The topological polar surface area (TPSA) is 61.2 Å². The summed E-state index contributed by atoms with van der Waals surface area (Å²) in [6.45, 7) is 7.08. The van der Waals surface area contributed by atoms with Crippen molar-refractivity contribution in [1.82, 2.24) is 14.3 Å². The predicted octanol–water partition coefficient (Wildman–Crippen LogP) is 4.02. The lowest BCUT2D eigenvalue weighted by Gasteiger charge is -2.37. The first kappa shape index (κ1) is 23.6. The van der Waals surface area contributed by atoms with Crippen LogP contribution in [0.5, 0.6) is 0 Å². The van der Waals surface area contributed by atoms with Gasteiger partial charge in [0.25, 0.3) is 11.5 Å². The summed E-state index contributed by atoms with van der Waals surface area (Å²) in [7, 11) is 0. The second-order valence-electron chi connectivity index (χ2n) is 8.70. The van der Waals surface area contributed by atoms with Crippen LogP contribution < -0.4 is 15.4 Å². The van der Waals surface area contributed by atoms with E-state index in [2.05, 4.69) is 21.9 Å². The van der Waals surface area contributed by atoms with Gasteiger partial charge < -0.3 is 9.80 Å². The molecule has 35 heavy (non-hydrogen) atoms. The van der Waals surface area contributed by atoms with E-state index in [1.807, 2.05) is 44.2 Å². The molecule has 9 heteroatoms. The number of thioether (sulfide) groups is 1. The van der Waals surface area contributed by atoms with Gasteiger partial charge in [-0.05, 0) is 43.7 Å². The molecule has 7 nitrogen and oxygen atoms in total. The predicted molar refractivity (Wildman–Crippen MR) is 147 cm³/mol. The third-order valence-electron chi connectivity index (χ3n) is 6.58. The molecule has 4 heterocycles. The number of benzene rings is 1. The first-order valence-corrected chi connectivity index (χ1v) is 13.0. The van der Waals surface area contributed by atoms with Gasteiger partial charge in [0.05, 0.1) is 10.5 Å². The quantitative estimate of drug-likeness (QED) is 0.383. The standard InChI is InChI=1S/C26H27N5O2S2/c1-3-18(2)31-25(33)21(35-26(31)34)17-20-23(27-22-11-7-8-12-30(22)24(20)32)29-15-13-28(14-16-29)19-9-5-4-6-10-19/h4-12,17-18H,3,13-16H2,1-2H3/b21-17-. The van der Waals surface area contributed by atoms with Gasteiger partial charge in [-0.1, -0.05) is 55.2 Å². The van der Waals surface area contributed by atoms with Crippen molar-refractivity contribution in [3.05, 3.63) is 75.6 Å². The summed E-state index contributed by atoms with van der Waals surface area (Å²) in [5.41, 5.74) is 2.01. The van der Waals surface area contributed by atoms with Crippen molar-refractivity contribution in [2.24, 2.45) is 0 Å². The second kappa shape index (κ2) is 9.83. The molecular formula is C26H27N5O2S2. The summed E-state index contributed by atoms with van der Waals surface area (Å²) in [6.07, 6.45) is 4.20. The molecule has 5 rings (SSSR count). The molecular weight excluding hydrogens is 478 g/mol. The lowest BCUT2D eigenvalue weighted by Crippen LogP contribution is -2.47. The van der Waals surface area contributed by atoms with E-state index in [1.54, 1.807) is 23.2 Å². The minimum Gasteiger partial charge on any atom is -0.368 e. The zero-order chi connectivity index (χ0) is 24.5. The van der Waals surface area contributed by atoms with Crippen molar-refractivity contribution in [1.29, 1.82) is 0 Å². The number of fused-ring (bicyclic) bond motifs is 1. The SMILES string of the molecule is CCC(C)N1C(=O)/C(=C/c2c(N3CCN(c4ccccc4)CC3)nc3ccccn3c2=O)SC1=S. The minimum atomic E-state index is -0.190. The highest BCUT2D eigenvalue weighted by Gasteiger charge is 2.35. The molecule has 2 aliphatic rings. The van der Waals surface area contributed by atoms with E-state index in [1.165, 1.54) is 21.8 Å². The highest BCUT2D eigenvalue weighted by Crippen LogP contribution is 2.35. The van der Waals surface area contributed by atoms with E-state index < -0.39 is 0 Å². The average molecular weight is 506 g/mol. The lowest BCUT2D eigenvalue weighted by atomic mass is 10.2. The van der Waals surface area contributed by atoms with Crippen LogP contribution in [0.4, 0.5) is 11.5 Å². The number of carbonyl (C=O) groups excluding carboxylic acids is 1. The Balaban J connectivity index is 1.53. The van der Waals surface area contributed by atoms with Crippen molar-refractivity contribution >= 4 is 57.4 Å². The molecule has 3 aromatic rings. The van der Waals surface area contributed by atoms with Crippen molar-refractivity contribution < 1.29 is 4.79 Å². The van der Waals surface area contributed by atoms with Crippen LogP contribution in [0.3, 0.4) is 0 Å². The number of aromatic nitrogens is 2. The Labute approximate surface area is 214 Å². The molecule has 1 amide bonds. The molecule has 1 unspecified atom stereocenters. The van der Waals surface area contributed by atoms with E-state index in [9.17, 15) is 9.59 Å². The summed E-state index contributed by atoms with van der Waals surface area (Å²) in [5, 5.41) is 0. The normalized spacial score (nSPS) is 18.7. The van der Waals surface area contributed by atoms with Crippen LogP contribution in [-0.2, 0) is 4.79 Å². The van der Waals surface area contributed by atoms with Gasteiger partial charge in [-0.25, -0.2) is 4.98 Å². The fraction of sp³-hybridized carbons (Fsp3) is 0.308. The molecule has 180 valence electrons. The molecule has 2 saturated heterocycles. The third kappa shape index (κ3) is 4.46. The van der Waals surface area contributed by atoms with E-state index >= 15 is 0 Å². The number of amides is 1. The zero-order valence-electron chi connectivity index (χ0n) is 19.8. The fourth-order valence-electron chi connectivity index (χ4n) is 4.45. The van der Waals surface area contributed by atoms with Crippen LogP contribution in [0, 0.1) is 0 Å². The lowest BCUT2D eigenvalue weighted by molar-refractivity contribution is -0.123. The number of rotatable bonds is 5. The number of nitrogens with zero attached hydrogens (tertiary/aromatic N) is 5. The Morgan fingerprint density at radius 1 is 1.03 bits per heavy atom. The third-order valence-corrected chi connectivity index (χ3v) is 7.91. The molecule has 0 saturated carbocycles. The van der Waals surface area contributed by atoms with Crippen LogP contribution in [0.25, 0.3) is 11.7 Å². The maximum Gasteiger partial charge on any atom is 0.267 e. The molecule has 2 aromatic heterocycles. The number of pyridine rings is 1. The van der Waals surface area contributed by atoms with Crippen molar-refractivity contribution in [3.8, 4) is 0 Å². The van der Waals surface area contributed by atoms with E-state index in [-0.39, 0.29) is 17.5 Å². The Bertz CT molecular complexity index is 1360. The molecule has 1 atom stereocenters. The van der Waals surface area contributed by atoms with Gasteiger partial charge in [0.1, 0.15) is 15.8 Å². The Morgan fingerprint density at radius 3 is 2.43 bits per heavy atom. The number of carbonyl (C=O) groups is 1. The van der Waals surface area contributed by atoms with Gasteiger partial charge in [0, 0.05) is 44.1 Å². The first-order chi connectivity index (χ1) is 17.0. The van der Waals surface area contributed by atoms with Gasteiger partial charge in [0.15, 0.2) is 0 Å². The molecule has 2 aliphatic heterocycles. The number of hydrogen-bond acceptors (Lipinski definition) is 7.